The minimum Gasteiger partial charge on any atom is -1.00 e. The van der Waals surface area contributed by atoms with Crippen LogP contribution in [-0.4, -0.2) is 47.3 Å². The van der Waals surface area contributed by atoms with Crippen LogP contribution in [-0.2, 0) is 15.1 Å². The molecule has 2 aromatic rings. The van der Waals surface area contributed by atoms with Crippen LogP contribution in [0.15, 0.2) is 48.6 Å². The zero-order valence-electron chi connectivity index (χ0n) is 18.8. The molecule has 2 bridgehead atoms. The van der Waals surface area contributed by atoms with Crippen molar-refractivity contribution in [2.45, 2.75) is 57.4 Å². The number of fused-ring (bicyclic) bond motifs is 2. The molecule has 4 atom stereocenters. The van der Waals surface area contributed by atoms with Gasteiger partial charge in [-0.25, -0.2) is 22.4 Å². The summed E-state index contributed by atoms with van der Waals surface area (Å²) in [6.45, 7) is 3.08. The fourth-order valence-corrected chi connectivity index (χ4v) is 5.16. The average molecular weight is 560 g/mol. The monoisotopic (exact) mass is 559 g/mol. The maximum absolute atomic E-state index is 14.0. The first-order valence-electron chi connectivity index (χ1n) is 11.0. The van der Waals surface area contributed by atoms with E-state index in [1.54, 1.807) is 0 Å². The van der Waals surface area contributed by atoms with Crippen molar-refractivity contribution in [3.63, 3.8) is 0 Å². The Balaban J connectivity index is 0.00000216. The number of likely N-dealkylation sites (N-methyl/N-ethyl adjacent to an activating group) is 1. The minimum absolute atomic E-state index is 0. The largest absolute Gasteiger partial charge is 1.00 e. The van der Waals surface area contributed by atoms with E-state index in [9.17, 15) is 27.5 Å². The van der Waals surface area contributed by atoms with Crippen LogP contribution in [0.3, 0.4) is 0 Å². The fourth-order valence-electron chi connectivity index (χ4n) is 5.16. The van der Waals surface area contributed by atoms with Gasteiger partial charge in [-0.05, 0) is 42.8 Å². The molecule has 1 saturated heterocycles. The average Bonchev–Trinajstić information content (AvgIpc) is 2.93. The molecule has 0 saturated carbocycles. The number of halogens is 5. The molecule has 4 rings (SSSR count). The normalized spacial score (nSPS) is 24.9. The summed E-state index contributed by atoms with van der Waals surface area (Å²) >= 11 is 0. The lowest BCUT2D eigenvalue weighted by molar-refractivity contribution is -0.944. The van der Waals surface area contributed by atoms with Crippen LogP contribution in [0.1, 0.15) is 44.7 Å². The number of piperidine rings is 1. The summed E-state index contributed by atoms with van der Waals surface area (Å²) in [6.07, 6.45) is 5.76. The number of carbonyl (C=O) groups is 1. The number of ether oxygens (including phenoxy) is 1. The molecule has 3 unspecified atom stereocenters. The molecule has 1 fully saturated rings. The highest BCUT2D eigenvalue weighted by atomic mass is 79.9. The predicted molar refractivity (Wildman–Crippen MR) is 120 cm³/mol. The van der Waals surface area contributed by atoms with Gasteiger partial charge in [-0.3, -0.25) is 0 Å². The smallest absolute Gasteiger partial charge is 0.347 e. The Labute approximate surface area is 213 Å². The SMILES string of the molecule is C.CCC[N+]1(C)C2C=C[C@@H]1CC(OC(=O)C(O)(c1ccc(F)c(F)c1)c1ccc(F)c(F)c1)C2.[Br-]. The van der Waals surface area contributed by atoms with Crippen molar-refractivity contribution in [3.8, 4) is 0 Å². The van der Waals surface area contributed by atoms with Gasteiger partial charge in [-0.2, -0.15) is 0 Å². The van der Waals surface area contributed by atoms with E-state index in [1.165, 1.54) is 0 Å². The first-order chi connectivity index (χ1) is 15.6. The molecule has 2 aliphatic rings. The van der Waals surface area contributed by atoms with Crippen LogP contribution in [0.2, 0.25) is 0 Å². The van der Waals surface area contributed by atoms with Gasteiger partial charge >= 0.3 is 5.97 Å². The molecule has 35 heavy (non-hydrogen) atoms. The van der Waals surface area contributed by atoms with Crippen LogP contribution >= 0.6 is 0 Å². The second-order valence-corrected chi connectivity index (χ2v) is 9.06. The van der Waals surface area contributed by atoms with E-state index < -0.39 is 40.9 Å². The van der Waals surface area contributed by atoms with Gasteiger partial charge < -0.3 is 31.3 Å². The van der Waals surface area contributed by atoms with E-state index in [0.29, 0.717) is 25.0 Å². The third-order valence-electron chi connectivity index (χ3n) is 7.03. The highest BCUT2D eigenvalue weighted by Crippen LogP contribution is 2.40. The summed E-state index contributed by atoms with van der Waals surface area (Å²) in [7, 11) is 2.16. The number of nitrogens with zero attached hydrogens (tertiary/aromatic N) is 1. The Morgan fingerprint density at radius 2 is 1.43 bits per heavy atom. The van der Waals surface area contributed by atoms with E-state index in [4.69, 9.17) is 4.74 Å². The van der Waals surface area contributed by atoms with Crippen molar-refractivity contribution in [2.24, 2.45) is 0 Å². The predicted octanol–water partition coefficient (Wildman–Crippen LogP) is 1.99. The van der Waals surface area contributed by atoms with Gasteiger partial charge in [0.05, 0.1) is 13.6 Å². The van der Waals surface area contributed by atoms with E-state index in [2.05, 4.69) is 26.1 Å². The van der Waals surface area contributed by atoms with Gasteiger partial charge in [0.2, 0.25) is 5.60 Å². The van der Waals surface area contributed by atoms with Crippen molar-refractivity contribution in [2.75, 3.05) is 13.6 Å². The maximum atomic E-state index is 14.0. The van der Waals surface area contributed by atoms with Crippen LogP contribution in [0, 0.1) is 23.3 Å². The van der Waals surface area contributed by atoms with Gasteiger partial charge in [-0.15, -0.1) is 0 Å². The molecule has 192 valence electrons. The highest BCUT2D eigenvalue weighted by Gasteiger charge is 2.51. The first kappa shape index (κ1) is 29.0. The van der Waals surface area contributed by atoms with Gasteiger partial charge in [0.1, 0.15) is 18.2 Å². The Morgan fingerprint density at radius 3 is 1.83 bits per heavy atom. The topological polar surface area (TPSA) is 46.5 Å². The summed E-state index contributed by atoms with van der Waals surface area (Å²) in [5, 5.41) is 11.4. The number of carbonyl (C=O) groups excluding carboxylic acids is 1. The third-order valence-corrected chi connectivity index (χ3v) is 7.03. The second-order valence-electron chi connectivity index (χ2n) is 9.06. The number of quaternary nitrogens is 1. The van der Waals surface area contributed by atoms with Crippen LogP contribution < -0.4 is 17.0 Å². The molecule has 2 aromatic carbocycles. The summed E-state index contributed by atoms with van der Waals surface area (Å²) in [5.74, 6) is -6.11. The van der Waals surface area contributed by atoms with Crippen molar-refractivity contribution in [1.29, 1.82) is 0 Å². The van der Waals surface area contributed by atoms with E-state index in [-0.39, 0.29) is 47.6 Å². The lowest BCUT2D eigenvalue weighted by Crippen LogP contribution is -3.00. The number of benzene rings is 2. The number of rotatable bonds is 6. The number of esters is 1. The molecule has 2 aliphatic heterocycles. The molecule has 2 heterocycles. The lowest BCUT2D eigenvalue weighted by atomic mass is 9.85. The van der Waals surface area contributed by atoms with E-state index in [1.807, 2.05) is 0 Å². The van der Waals surface area contributed by atoms with Crippen molar-refractivity contribution in [3.05, 3.63) is 82.9 Å². The van der Waals surface area contributed by atoms with Crippen LogP contribution in [0.4, 0.5) is 17.6 Å². The van der Waals surface area contributed by atoms with Gasteiger partial charge in [0.25, 0.3) is 0 Å². The van der Waals surface area contributed by atoms with Crippen molar-refractivity contribution >= 4 is 5.97 Å². The minimum atomic E-state index is -2.66. The van der Waals surface area contributed by atoms with Crippen molar-refractivity contribution in [1.82, 2.24) is 0 Å². The molecule has 1 N–H and O–H groups in total. The number of hydrogen-bond acceptors (Lipinski definition) is 3. The molecule has 9 heteroatoms. The quantitative estimate of drug-likeness (QED) is 0.255. The molecular weight excluding hydrogens is 530 g/mol. The Morgan fingerprint density at radius 1 is 0.971 bits per heavy atom. The molecule has 0 spiro atoms. The highest BCUT2D eigenvalue weighted by molar-refractivity contribution is 5.85. The van der Waals surface area contributed by atoms with Crippen LogP contribution in [0.25, 0.3) is 0 Å². The van der Waals surface area contributed by atoms with E-state index >= 15 is 0 Å². The van der Waals surface area contributed by atoms with E-state index in [0.717, 1.165) is 41.7 Å². The molecule has 4 nitrogen and oxygen atoms in total. The lowest BCUT2D eigenvalue weighted by Gasteiger charge is -2.47. The molecule has 0 aromatic heterocycles. The number of aliphatic hydroxyl groups is 1. The summed E-state index contributed by atoms with van der Waals surface area (Å²) in [4.78, 5) is 13.3. The van der Waals surface area contributed by atoms with Crippen LogP contribution in [0.5, 0.6) is 0 Å². The summed E-state index contributed by atoms with van der Waals surface area (Å²) in [6, 6.07) is 5.12. The molecule has 0 aliphatic carbocycles. The van der Waals surface area contributed by atoms with Gasteiger partial charge in [0, 0.05) is 24.0 Å². The fraction of sp³-hybridized carbons (Fsp3) is 0.423. The van der Waals surface area contributed by atoms with Crippen molar-refractivity contribution < 1.29 is 53.7 Å². The molecular formula is C26H30BrF4NO3. The maximum Gasteiger partial charge on any atom is 0.347 e. The second kappa shape index (κ2) is 10.8. The Kier molecular flexibility index (Phi) is 8.95. The summed E-state index contributed by atoms with van der Waals surface area (Å²) in [5.41, 5.74) is -3.35. The first-order valence-corrected chi connectivity index (χ1v) is 11.0. The third kappa shape index (κ3) is 5.04. The molecule has 0 radical (unpaired) electrons. The Bertz CT molecular complexity index is 1040. The summed E-state index contributed by atoms with van der Waals surface area (Å²) < 4.78 is 61.5. The van der Waals surface area contributed by atoms with Gasteiger partial charge in [0.15, 0.2) is 23.3 Å². The molecule has 0 amide bonds. The zero-order chi connectivity index (χ0) is 24.0. The number of hydrogen-bond donors (Lipinski definition) is 1. The Hall–Kier alpha value is -2.23. The standard InChI is InChI=1S/C25H26F4NO3.CH4.BrH/c1-3-10-30(2)17-6-7-18(30)14-19(13-17)33-24(31)25(32,15-4-8-20(26)22(28)11-15)16-5-9-21(27)23(29)12-16;;/h4-9,11-12,17-19,32H,3,10,13-14H2,1-2H3;1H4;1H/q+1;;/p-1/t17-,18?,19?,30?;;/m1../s1. The van der Waals surface area contributed by atoms with Gasteiger partial charge in [-0.1, -0.05) is 26.5 Å². The zero-order valence-corrected chi connectivity index (χ0v) is 20.4.